The summed E-state index contributed by atoms with van der Waals surface area (Å²) >= 11 is 0. The first-order valence-corrected chi connectivity index (χ1v) is 8.93. The molecular weight excluding hydrogens is 348 g/mol. The van der Waals surface area contributed by atoms with E-state index < -0.39 is 23.3 Å². The SMILES string of the molecule is COCCN1C(=O)[C@]2(C)[C@H](c3ccccc31)[C@@H](C(N)=O)CN2C(=O)N(C)C. The number of carbonyl (C=O) groups excluding carboxylic acids is 3. The van der Waals surface area contributed by atoms with E-state index in [1.54, 1.807) is 33.0 Å². The molecule has 27 heavy (non-hydrogen) atoms. The van der Waals surface area contributed by atoms with Gasteiger partial charge in [-0.05, 0) is 18.6 Å². The summed E-state index contributed by atoms with van der Waals surface area (Å²) < 4.78 is 5.17. The normalized spacial score (nSPS) is 26.6. The van der Waals surface area contributed by atoms with Gasteiger partial charge < -0.3 is 25.2 Å². The Balaban J connectivity index is 2.20. The highest BCUT2D eigenvalue weighted by Gasteiger charge is 2.63. The number of ether oxygens (including phenoxy) is 1. The van der Waals surface area contributed by atoms with Gasteiger partial charge in [0.25, 0.3) is 5.91 Å². The Bertz CT molecular complexity index is 781. The number of rotatable bonds is 4. The number of primary amides is 1. The van der Waals surface area contributed by atoms with E-state index in [9.17, 15) is 14.4 Å². The van der Waals surface area contributed by atoms with Gasteiger partial charge in [0.2, 0.25) is 5.91 Å². The van der Waals surface area contributed by atoms with Crippen LogP contribution in [0.1, 0.15) is 18.4 Å². The first-order valence-electron chi connectivity index (χ1n) is 8.93. The number of para-hydroxylation sites is 1. The standard InChI is InChI=1S/C19H26N4O4/c1-19-15(13(16(20)24)11-23(19)18(26)21(2)3)12-7-5-6-8-14(12)22(17(19)25)9-10-27-4/h5-8,13,15H,9-11H2,1-4H3,(H2,20,24)/t13-,15+,19-/m0/s1. The molecule has 8 heteroatoms. The second-order valence-corrected chi connectivity index (χ2v) is 7.43. The van der Waals surface area contributed by atoms with Gasteiger partial charge in [-0.25, -0.2) is 4.79 Å². The van der Waals surface area contributed by atoms with E-state index in [-0.39, 0.29) is 18.5 Å². The van der Waals surface area contributed by atoms with Crippen molar-refractivity contribution in [1.29, 1.82) is 0 Å². The van der Waals surface area contributed by atoms with Crippen molar-refractivity contribution in [1.82, 2.24) is 9.80 Å². The van der Waals surface area contributed by atoms with Crippen molar-refractivity contribution in [3.8, 4) is 0 Å². The summed E-state index contributed by atoms with van der Waals surface area (Å²) in [4.78, 5) is 43.3. The van der Waals surface area contributed by atoms with E-state index in [1.165, 1.54) is 9.80 Å². The number of hydrogen-bond donors (Lipinski definition) is 1. The summed E-state index contributed by atoms with van der Waals surface area (Å²) in [6.07, 6.45) is 0. The van der Waals surface area contributed by atoms with Crippen molar-refractivity contribution in [2.75, 3.05) is 45.8 Å². The van der Waals surface area contributed by atoms with Crippen LogP contribution in [0.2, 0.25) is 0 Å². The molecule has 2 heterocycles. The summed E-state index contributed by atoms with van der Waals surface area (Å²) in [5, 5.41) is 0. The third-order valence-electron chi connectivity index (χ3n) is 5.69. The lowest BCUT2D eigenvalue weighted by atomic mass is 9.72. The second kappa shape index (κ2) is 6.84. The average Bonchev–Trinajstić information content (AvgIpc) is 2.96. The number of nitrogens with zero attached hydrogens (tertiary/aromatic N) is 3. The second-order valence-electron chi connectivity index (χ2n) is 7.43. The lowest BCUT2D eigenvalue weighted by molar-refractivity contribution is -0.129. The van der Waals surface area contributed by atoms with Gasteiger partial charge in [0.05, 0.1) is 12.5 Å². The molecule has 1 fully saturated rings. The minimum absolute atomic E-state index is 0.117. The summed E-state index contributed by atoms with van der Waals surface area (Å²) in [6.45, 7) is 2.58. The molecule has 0 spiro atoms. The number of urea groups is 1. The number of fused-ring (bicyclic) bond motifs is 3. The van der Waals surface area contributed by atoms with Gasteiger partial charge in [0.15, 0.2) is 0 Å². The predicted molar refractivity (Wildman–Crippen MR) is 100 cm³/mol. The van der Waals surface area contributed by atoms with Crippen LogP contribution in [0, 0.1) is 5.92 Å². The molecule has 1 aromatic carbocycles. The fourth-order valence-corrected chi connectivity index (χ4v) is 4.38. The third kappa shape index (κ3) is 2.75. The topological polar surface area (TPSA) is 96.2 Å². The summed E-state index contributed by atoms with van der Waals surface area (Å²) in [5.74, 6) is -1.84. The largest absolute Gasteiger partial charge is 0.383 e. The fraction of sp³-hybridized carbons (Fsp3) is 0.526. The molecule has 0 unspecified atom stereocenters. The summed E-state index contributed by atoms with van der Waals surface area (Å²) in [5.41, 5.74) is 6.09. The molecule has 8 nitrogen and oxygen atoms in total. The molecule has 2 N–H and O–H groups in total. The minimum Gasteiger partial charge on any atom is -0.383 e. The maximum Gasteiger partial charge on any atom is 0.320 e. The number of anilines is 1. The highest BCUT2D eigenvalue weighted by Crippen LogP contribution is 2.52. The molecule has 0 aromatic heterocycles. The Morgan fingerprint density at radius 3 is 2.59 bits per heavy atom. The van der Waals surface area contributed by atoms with Gasteiger partial charge in [0, 0.05) is 45.9 Å². The van der Waals surface area contributed by atoms with Crippen LogP contribution in [0.3, 0.4) is 0 Å². The number of benzene rings is 1. The highest BCUT2D eigenvalue weighted by atomic mass is 16.5. The van der Waals surface area contributed by atoms with Crippen molar-refractivity contribution in [3.63, 3.8) is 0 Å². The molecule has 3 rings (SSSR count). The Morgan fingerprint density at radius 1 is 1.33 bits per heavy atom. The van der Waals surface area contributed by atoms with E-state index in [1.807, 2.05) is 24.3 Å². The van der Waals surface area contributed by atoms with E-state index in [4.69, 9.17) is 10.5 Å². The number of carbonyl (C=O) groups is 3. The van der Waals surface area contributed by atoms with Crippen molar-refractivity contribution >= 4 is 23.5 Å². The van der Waals surface area contributed by atoms with Gasteiger partial charge >= 0.3 is 6.03 Å². The molecule has 2 aliphatic heterocycles. The van der Waals surface area contributed by atoms with E-state index in [0.29, 0.717) is 13.2 Å². The predicted octanol–water partition coefficient (Wildman–Crippen LogP) is 0.621. The van der Waals surface area contributed by atoms with E-state index in [0.717, 1.165) is 11.3 Å². The number of nitrogens with two attached hydrogens (primary N) is 1. The molecule has 2 aliphatic rings. The Morgan fingerprint density at radius 2 is 2.00 bits per heavy atom. The van der Waals surface area contributed by atoms with Crippen LogP contribution in [0.4, 0.5) is 10.5 Å². The van der Waals surface area contributed by atoms with Crippen LogP contribution in [0.15, 0.2) is 24.3 Å². The van der Waals surface area contributed by atoms with Gasteiger partial charge in [0.1, 0.15) is 5.54 Å². The first kappa shape index (κ1) is 19.2. The zero-order valence-electron chi connectivity index (χ0n) is 16.1. The van der Waals surface area contributed by atoms with Gasteiger partial charge in [-0.1, -0.05) is 18.2 Å². The molecule has 1 saturated heterocycles. The molecule has 0 radical (unpaired) electrons. The van der Waals surface area contributed by atoms with Crippen LogP contribution >= 0.6 is 0 Å². The molecule has 4 amide bonds. The Hall–Kier alpha value is -2.61. The molecule has 0 bridgehead atoms. The quantitative estimate of drug-likeness (QED) is 0.836. The minimum atomic E-state index is -1.19. The molecule has 146 valence electrons. The number of amides is 4. The van der Waals surface area contributed by atoms with Gasteiger partial charge in [-0.15, -0.1) is 0 Å². The molecule has 3 atom stereocenters. The van der Waals surface area contributed by atoms with Crippen molar-refractivity contribution < 1.29 is 19.1 Å². The average molecular weight is 374 g/mol. The zero-order valence-corrected chi connectivity index (χ0v) is 16.1. The molecule has 1 aromatic rings. The maximum absolute atomic E-state index is 13.6. The molecular formula is C19H26N4O4. The van der Waals surface area contributed by atoms with Gasteiger partial charge in [-0.3, -0.25) is 9.59 Å². The van der Waals surface area contributed by atoms with Crippen LogP contribution in [-0.4, -0.2) is 74.1 Å². The van der Waals surface area contributed by atoms with Crippen LogP contribution in [0.25, 0.3) is 0 Å². The monoisotopic (exact) mass is 374 g/mol. The van der Waals surface area contributed by atoms with Gasteiger partial charge in [-0.2, -0.15) is 0 Å². The maximum atomic E-state index is 13.6. The summed E-state index contributed by atoms with van der Waals surface area (Å²) in [7, 11) is 4.83. The van der Waals surface area contributed by atoms with Crippen LogP contribution < -0.4 is 10.6 Å². The molecule has 0 aliphatic carbocycles. The number of likely N-dealkylation sites (tertiary alicyclic amines) is 1. The highest BCUT2D eigenvalue weighted by molar-refractivity contribution is 6.07. The molecule has 0 saturated carbocycles. The number of hydrogen-bond acceptors (Lipinski definition) is 4. The van der Waals surface area contributed by atoms with Crippen molar-refractivity contribution in [3.05, 3.63) is 29.8 Å². The lowest BCUT2D eigenvalue weighted by Crippen LogP contribution is -2.63. The Kier molecular flexibility index (Phi) is 4.86. The van der Waals surface area contributed by atoms with Crippen LogP contribution in [-0.2, 0) is 14.3 Å². The summed E-state index contributed by atoms with van der Waals surface area (Å²) in [6, 6.07) is 7.18. The van der Waals surface area contributed by atoms with Crippen molar-refractivity contribution in [2.24, 2.45) is 11.7 Å². The smallest absolute Gasteiger partial charge is 0.320 e. The fourth-order valence-electron chi connectivity index (χ4n) is 4.38. The van der Waals surface area contributed by atoms with E-state index >= 15 is 0 Å². The third-order valence-corrected chi connectivity index (χ3v) is 5.69. The first-order chi connectivity index (χ1) is 12.7. The van der Waals surface area contributed by atoms with Crippen molar-refractivity contribution in [2.45, 2.75) is 18.4 Å². The van der Waals surface area contributed by atoms with E-state index in [2.05, 4.69) is 0 Å². The lowest BCUT2D eigenvalue weighted by Gasteiger charge is -2.46. The Labute approximate surface area is 158 Å². The zero-order chi connectivity index (χ0) is 19.9. The van der Waals surface area contributed by atoms with Crippen LogP contribution in [0.5, 0.6) is 0 Å². The number of methoxy groups -OCH3 is 1.